The Balaban J connectivity index is 2.32. The smallest absolute Gasteiger partial charge is 0.0466 e. The predicted octanol–water partition coefficient (Wildman–Crippen LogP) is 3.78. The lowest BCUT2D eigenvalue weighted by Gasteiger charge is -2.19. The van der Waals surface area contributed by atoms with Gasteiger partial charge < -0.3 is 0 Å². The first-order chi connectivity index (χ1) is 8.72. The molecule has 1 atom stereocenters. The number of nitrogens with two attached hydrogens (primary N) is 1. The van der Waals surface area contributed by atoms with Crippen molar-refractivity contribution in [1.82, 2.24) is 5.43 Å². The number of rotatable bonds is 5. The van der Waals surface area contributed by atoms with Crippen LogP contribution >= 0.6 is 0 Å². The van der Waals surface area contributed by atoms with Gasteiger partial charge in [-0.05, 0) is 35.1 Å². The van der Waals surface area contributed by atoms with Crippen LogP contribution in [0.3, 0.4) is 0 Å². The molecule has 2 aromatic carbocycles. The average molecular weight is 242 g/mol. The van der Waals surface area contributed by atoms with Gasteiger partial charge in [-0.3, -0.25) is 11.3 Å². The maximum Gasteiger partial charge on any atom is 0.0466 e. The van der Waals surface area contributed by atoms with Crippen LogP contribution in [0.15, 0.2) is 42.5 Å². The first-order valence-corrected chi connectivity index (χ1v) is 6.66. The number of benzene rings is 2. The number of fused-ring (bicyclic) bond motifs is 1. The minimum atomic E-state index is 0.235. The van der Waals surface area contributed by atoms with Crippen LogP contribution in [0.1, 0.15) is 38.3 Å². The van der Waals surface area contributed by atoms with E-state index in [1.165, 1.54) is 22.8 Å². The van der Waals surface area contributed by atoms with E-state index in [1.54, 1.807) is 0 Å². The summed E-state index contributed by atoms with van der Waals surface area (Å²) in [6, 6.07) is 15.1. The van der Waals surface area contributed by atoms with Gasteiger partial charge in [0.15, 0.2) is 0 Å². The molecule has 0 aliphatic rings. The Bertz CT molecular complexity index is 500. The molecule has 0 aromatic heterocycles. The Kier molecular flexibility index (Phi) is 4.34. The molecule has 96 valence electrons. The van der Waals surface area contributed by atoms with E-state index >= 15 is 0 Å². The van der Waals surface area contributed by atoms with E-state index in [4.69, 9.17) is 5.84 Å². The fourth-order valence-electron chi connectivity index (χ4n) is 2.38. The molecule has 0 saturated carbocycles. The van der Waals surface area contributed by atoms with Crippen molar-refractivity contribution in [2.75, 3.05) is 0 Å². The van der Waals surface area contributed by atoms with Gasteiger partial charge in [0, 0.05) is 6.04 Å². The quantitative estimate of drug-likeness (QED) is 0.618. The Morgan fingerprint density at radius 1 is 1.00 bits per heavy atom. The summed E-state index contributed by atoms with van der Waals surface area (Å²) in [5.41, 5.74) is 4.27. The third-order valence-electron chi connectivity index (χ3n) is 3.43. The Labute approximate surface area is 109 Å². The van der Waals surface area contributed by atoms with Crippen molar-refractivity contribution in [2.24, 2.45) is 11.8 Å². The van der Waals surface area contributed by atoms with Gasteiger partial charge in [-0.15, -0.1) is 0 Å². The summed E-state index contributed by atoms with van der Waals surface area (Å²) < 4.78 is 0. The van der Waals surface area contributed by atoms with Crippen molar-refractivity contribution in [3.63, 3.8) is 0 Å². The van der Waals surface area contributed by atoms with Crippen LogP contribution in [0.5, 0.6) is 0 Å². The van der Waals surface area contributed by atoms with Crippen LogP contribution in [0.25, 0.3) is 10.8 Å². The monoisotopic (exact) mass is 242 g/mol. The molecule has 0 aliphatic heterocycles. The second kappa shape index (κ2) is 5.98. The van der Waals surface area contributed by atoms with E-state index in [2.05, 4.69) is 61.7 Å². The maximum atomic E-state index is 5.73. The summed E-state index contributed by atoms with van der Waals surface area (Å²) in [6.07, 6.45) is 2.25. The van der Waals surface area contributed by atoms with Gasteiger partial charge in [-0.2, -0.15) is 0 Å². The van der Waals surface area contributed by atoms with Crippen LogP contribution in [0, 0.1) is 5.92 Å². The van der Waals surface area contributed by atoms with E-state index in [9.17, 15) is 0 Å². The van der Waals surface area contributed by atoms with Gasteiger partial charge in [0.2, 0.25) is 0 Å². The van der Waals surface area contributed by atoms with Crippen molar-refractivity contribution in [3.05, 3.63) is 48.0 Å². The zero-order valence-corrected chi connectivity index (χ0v) is 11.2. The average Bonchev–Trinajstić information content (AvgIpc) is 2.39. The molecular formula is C16H22N2. The number of hydrogen-bond donors (Lipinski definition) is 2. The topological polar surface area (TPSA) is 38.0 Å². The van der Waals surface area contributed by atoms with Gasteiger partial charge in [-0.25, -0.2) is 0 Å². The van der Waals surface area contributed by atoms with Gasteiger partial charge in [0.25, 0.3) is 0 Å². The first kappa shape index (κ1) is 13.1. The SMILES string of the molecule is CC(C)CCC(NN)c1cccc2ccccc12. The van der Waals surface area contributed by atoms with Crippen molar-refractivity contribution >= 4 is 10.8 Å². The van der Waals surface area contributed by atoms with E-state index in [1.807, 2.05) is 0 Å². The number of nitrogens with one attached hydrogen (secondary N) is 1. The second-order valence-corrected chi connectivity index (χ2v) is 5.26. The van der Waals surface area contributed by atoms with Crippen LogP contribution in [-0.4, -0.2) is 0 Å². The Hall–Kier alpha value is -1.38. The summed E-state index contributed by atoms with van der Waals surface area (Å²) in [7, 11) is 0. The molecule has 0 amide bonds. The molecule has 2 heteroatoms. The summed E-state index contributed by atoms with van der Waals surface area (Å²) in [5.74, 6) is 6.44. The molecular weight excluding hydrogens is 220 g/mol. The first-order valence-electron chi connectivity index (χ1n) is 6.66. The molecule has 0 spiro atoms. The minimum Gasteiger partial charge on any atom is -0.271 e. The van der Waals surface area contributed by atoms with E-state index in [0.29, 0.717) is 5.92 Å². The molecule has 0 bridgehead atoms. The predicted molar refractivity (Wildman–Crippen MR) is 78.1 cm³/mol. The van der Waals surface area contributed by atoms with Crippen molar-refractivity contribution in [1.29, 1.82) is 0 Å². The lowest BCUT2D eigenvalue weighted by atomic mass is 9.94. The lowest BCUT2D eigenvalue weighted by molar-refractivity contribution is 0.450. The highest BCUT2D eigenvalue weighted by molar-refractivity contribution is 5.86. The standard InChI is InChI=1S/C16H22N2/c1-12(2)10-11-16(18-17)15-9-5-7-13-6-3-4-8-14(13)15/h3-9,12,16,18H,10-11,17H2,1-2H3. The largest absolute Gasteiger partial charge is 0.271 e. The van der Waals surface area contributed by atoms with E-state index in [0.717, 1.165) is 6.42 Å². The molecule has 2 nitrogen and oxygen atoms in total. The Morgan fingerprint density at radius 2 is 1.72 bits per heavy atom. The molecule has 2 rings (SSSR count). The molecule has 1 unspecified atom stereocenters. The van der Waals surface area contributed by atoms with Crippen molar-refractivity contribution in [2.45, 2.75) is 32.7 Å². The molecule has 2 aromatic rings. The highest BCUT2D eigenvalue weighted by atomic mass is 15.2. The lowest BCUT2D eigenvalue weighted by Crippen LogP contribution is -2.28. The minimum absolute atomic E-state index is 0.235. The van der Waals surface area contributed by atoms with Crippen LogP contribution in [-0.2, 0) is 0 Å². The summed E-state index contributed by atoms with van der Waals surface area (Å²) >= 11 is 0. The van der Waals surface area contributed by atoms with Crippen molar-refractivity contribution in [3.8, 4) is 0 Å². The zero-order chi connectivity index (χ0) is 13.0. The molecule has 0 radical (unpaired) electrons. The van der Waals surface area contributed by atoms with Crippen LogP contribution in [0.4, 0.5) is 0 Å². The van der Waals surface area contributed by atoms with Crippen LogP contribution < -0.4 is 11.3 Å². The number of hydrogen-bond acceptors (Lipinski definition) is 2. The molecule has 0 heterocycles. The summed E-state index contributed by atoms with van der Waals surface area (Å²) in [5, 5.41) is 2.58. The number of hydrazine groups is 1. The fourth-order valence-corrected chi connectivity index (χ4v) is 2.38. The molecule has 0 saturated heterocycles. The Morgan fingerprint density at radius 3 is 2.44 bits per heavy atom. The zero-order valence-electron chi connectivity index (χ0n) is 11.2. The molecule has 18 heavy (non-hydrogen) atoms. The van der Waals surface area contributed by atoms with E-state index < -0.39 is 0 Å². The molecule has 0 fully saturated rings. The second-order valence-electron chi connectivity index (χ2n) is 5.26. The van der Waals surface area contributed by atoms with Crippen LogP contribution in [0.2, 0.25) is 0 Å². The van der Waals surface area contributed by atoms with Gasteiger partial charge in [0.1, 0.15) is 0 Å². The summed E-state index contributed by atoms with van der Waals surface area (Å²) in [6.45, 7) is 4.49. The fraction of sp³-hybridized carbons (Fsp3) is 0.375. The highest BCUT2D eigenvalue weighted by Crippen LogP contribution is 2.27. The third-order valence-corrected chi connectivity index (χ3v) is 3.43. The maximum absolute atomic E-state index is 5.73. The molecule has 3 N–H and O–H groups in total. The normalized spacial score (nSPS) is 13.1. The van der Waals surface area contributed by atoms with Gasteiger partial charge in [0.05, 0.1) is 0 Å². The highest BCUT2D eigenvalue weighted by Gasteiger charge is 2.12. The van der Waals surface area contributed by atoms with Gasteiger partial charge in [-0.1, -0.05) is 56.3 Å². The van der Waals surface area contributed by atoms with Gasteiger partial charge >= 0.3 is 0 Å². The third kappa shape index (κ3) is 2.89. The van der Waals surface area contributed by atoms with Crippen molar-refractivity contribution < 1.29 is 0 Å². The van der Waals surface area contributed by atoms with E-state index in [-0.39, 0.29) is 6.04 Å². The summed E-state index contributed by atoms with van der Waals surface area (Å²) in [4.78, 5) is 0. The molecule has 0 aliphatic carbocycles.